The molecule has 0 aliphatic rings. The molecule has 10 N–H and O–H groups in total. The third kappa shape index (κ3) is 6.11. The molecule has 3 atom stereocenters. The lowest BCUT2D eigenvalue weighted by Gasteiger charge is -2.21. The second-order valence-corrected chi connectivity index (χ2v) is 4.17. The Labute approximate surface area is 114 Å². The minimum absolute atomic E-state index is 0.0144. The fraction of sp³-hybridized carbons (Fsp3) is 0.600. The normalized spacial score (nSPS) is 14.9. The lowest BCUT2D eigenvalue weighted by Crippen LogP contribution is -2.48. The summed E-state index contributed by atoms with van der Waals surface area (Å²) in [7, 11) is 0. The second kappa shape index (κ2) is 8.07. The van der Waals surface area contributed by atoms with Gasteiger partial charge in [0.15, 0.2) is 11.7 Å². The number of carboxylic acid groups (broad SMARTS) is 2. The highest BCUT2D eigenvalue weighted by Gasteiger charge is 2.33. The summed E-state index contributed by atoms with van der Waals surface area (Å²) in [5, 5.41) is 17.4. The van der Waals surface area contributed by atoms with Crippen molar-refractivity contribution in [1.82, 2.24) is 0 Å². The number of Topliss-reactive ketones (excluding diaryl/α,β-unsaturated/α-hetero) is 1. The number of guanidine groups is 1. The summed E-state index contributed by atoms with van der Waals surface area (Å²) in [4.78, 5) is 37.0. The first-order chi connectivity index (χ1) is 9.16. The van der Waals surface area contributed by atoms with Crippen LogP contribution in [-0.2, 0) is 14.4 Å². The van der Waals surface area contributed by atoms with Gasteiger partial charge in [-0.25, -0.2) is 0 Å². The average molecular weight is 289 g/mol. The Bertz CT molecular complexity index is 407. The van der Waals surface area contributed by atoms with Gasteiger partial charge in [-0.2, -0.15) is 0 Å². The molecule has 10 nitrogen and oxygen atoms in total. The van der Waals surface area contributed by atoms with Gasteiger partial charge < -0.3 is 33.1 Å². The monoisotopic (exact) mass is 289 g/mol. The summed E-state index contributed by atoms with van der Waals surface area (Å²) in [6, 6.07) is -2.83. The number of carbonyl (C=O) groups excluding carboxylic acids is 1. The van der Waals surface area contributed by atoms with Crippen LogP contribution < -0.4 is 22.9 Å². The van der Waals surface area contributed by atoms with Gasteiger partial charge in [-0.1, -0.05) is 0 Å². The molecule has 0 heterocycles. The first kappa shape index (κ1) is 17.8. The summed E-state index contributed by atoms with van der Waals surface area (Å²) < 4.78 is 0. The molecule has 114 valence electrons. The van der Waals surface area contributed by atoms with Gasteiger partial charge in [-0.05, 0) is 6.42 Å². The minimum atomic E-state index is -1.50. The van der Waals surface area contributed by atoms with Gasteiger partial charge in [-0.3, -0.25) is 19.4 Å². The van der Waals surface area contributed by atoms with Crippen molar-refractivity contribution in [3.05, 3.63) is 0 Å². The summed E-state index contributed by atoms with van der Waals surface area (Å²) in [5.74, 6) is -4.78. The zero-order valence-electron chi connectivity index (χ0n) is 10.7. The van der Waals surface area contributed by atoms with Crippen LogP contribution in [0.5, 0.6) is 0 Å². The maximum absolute atomic E-state index is 12.0. The zero-order chi connectivity index (χ0) is 15.9. The molecule has 0 radical (unpaired) electrons. The lowest BCUT2D eigenvalue weighted by atomic mass is 9.87. The maximum Gasteiger partial charge on any atom is 0.321 e. The number of hydrogen-bond donors (Lipinski definition) is 6. The van der Waals surface area contributed by atoms with Gasteiger partial charge in [0, 0.05) is 12.5 Å². The summed E-state index contributed by atoms with van der Waals surface area (Å²) in [6.45, 7) is -0.0144. The van der Waals surface area contributed by atoms with E-state index in [0.29, 0.717) is 0 Å². The lowest BCUT2D eigenvalue weighted by molar-refractivity contribution is -0.143. The van der Waals surface area contributed by atoms with E-state index in [9.17, 15) is 14.4 Å². The van der Waals surface area contributed by atoms with Crippen LogP contribution in [0, 0.1) is 5.92 Å². The van der Waals surface area contributed by atoms with E-state index in [2.05, 4.69) is 4.99 Å². The molecule has 0 aromatic heterocycles. The fourth-order valence-corrected chi connectivity index (χ4v) is 1.57. The molecule has 0 aliphatic heterocycles. The number of rotatable bonds is 9. The molecule has 0 bridgehead atoms. The van der Waals surface area contributed by atoms with Crippen LogP contribution in [0.2, 0.25) is 0 Å². The van der Waals surface area contributed by atoms with Crippen LogP contribution in [0.3, 0.4) is 0 Å². The van der Waals surface area contributed by atoms with Crippen molar-refractivity contribution < 1.29 is 24.6 Å². The Morgan fingerprint density at radius 3 is 2.05 bits per heavy atom. The first-order valence-corrected chi connectivity index (χ1v) is 5.71. The van der Waals surface area contributed by atoms with E-state index in [0.717, 1.165) is 0 Å². The number of nitrogens with two attached hydrogens (primary N) is 4. The summed E-state index contributed by atoms with van der Waals surface area (Å²) >= 11 is 0. The highest BCUT2D eigenvalue weighted by atomic mass is 16.4. The Kier molecular flexibility index (Phi) is 7.18. The van der Waals surface area contributed by atoms with Gasteiger partial charge in [0.25, 0.3) is 0 Å². The largest absolute Gasteiger partial charge is 0.481 e. The van der Waals surface area contributed by atoms with Crippen LogP contribution in [0.25, 0.3) is 0 Å². The van der Waals surface area contributed by atoms with Gasteiger partial charge >= 0.3 is 11.9 Å². The van der Waals surface area contributed by atoms with E-state index in [1.807, 2.05) is 0 Å². The molecule has 0 aromatic rings. The fourth-order valence-electron chi connectivity index (χ4n) is 1.57. The predicted molar refractivity (Wildman–Crippen MR) is 69.6 cm³/mol. The summed E-state index contributed by atoms with van der Waals surface area (Å²) in [6.07, 6.45) is -0.651. The van der Waals surface area contributed by atoms with Crippen molar-refractivity contribution in [1.29, 1.82) is 0 Å². The molecule has 0 saturated heterocycles. The zero-order valence-corrected chi connectivity index (χ0v) is 10.7. The number of ketones is 1. The summed E-state index contributed by atoms with van der Waals surface area (Å²) in [5.41, 5.74) is 21.1. The Morgan fingerprint density at radius 2 is 1.65 bits per heavy atom. The molecule has 0 fully saturated rings. The number of aliphatic carboxylic acids is 2. The Morgan fingerprint density at radius 1 is 1.10 bits per heavy atom. The first-order valence-electron chi connectivity index (χ1n) is 5.71. The van der Waals surface area contributed by atoms with Crippen molar-refractivity contribution in [2.24, 2.45) is 33.8 Å². The van der Waals surface area contributed by atoms with Crippen LogP contribution in [0.15, 0.2) is 4.99 Å². The van der Waals surface area contributed by atoms with Crippen molar-refractivity contribution in [2.75, 3.05) is 6.54 Å². The standard InChI is InChI=1S/C10H19N5O5/c11-5(3-6(16)17)8(18)4(7(12)9(19)20)1-2-15-10(13)14/h4-5,7H,1-3,11-12H2,(H,16,17)(H,19,20)(H4,13,14,15)/t4?,5?,7-/m0/s1. The smallest absolute Gasteiger partial charge is 0.321 e. The molecule has 10 heteroatoms. The number of nitrogens with zero attached hydrogens (tertiary/aromatic N) is 1. The maximum atomic E-state index is 12.0. The highest BCUT2D eigenvalue weighted by molar-refractivity contribution is 5.93. The van der Waals surface area contributed by atoms with Gasteiger partial charge in [0.05, 0.1) is 12.5 Å². The molecular formula is C10H19N5O5. The van der Waals surface area contributed by atoms with Gasteiger partial charge in [0.1, 0.15) is 6.04 Å². The molecule has 0 rings (SSSR count). The number of carbonyl (C=O) groups is 3. The second-order valence-electron chi connectivity index (χ2n) is 4.17. The van der Waals surface area contributed by atoms with Gasteiger partial charge in [-0.15, -0.1) is 0 Å². The molecule has 0 aliphatic carbocycles. The topological polar surface area (TPSA) is 208 Å². The van der Waals surface area contributed by atoms with Gasteiger partial charge in [0.2, 0.25) is 0 Å². The molecule has 0 saturated carbocycles. The predicted octanol–water partition coefficient (Wildman–Crippen LogP) is -2.95. The molecule has 2 unspecified atom stereocenters. The van der Waals surface area contributed by atoms with E-state index in [1.165, 1.54) is 0 Å². The number of hydrogen-bond acceptors (Lipinski definition) is 6. The Hall–Kier alpha value is -2.20. The van der Waals surface area contributed by atoms with Crippen molar-refractivity contribution >= 4 is 23.7 Å². The Balaban J connectivity index is 4.91. The minimum Gasteiger partial charge on any atom is -0.481 e. The van der Waals surface area contributed by atoms with E-state index in [-0.39, 0.29) is 18.9 Å². The van der Waals surface area contributed by atoms with E-state index < -0.39 is 42.1 Å². The van der Waals surface area contributed by atoms with Crippen LogP contribution >= 0.6 is 0 Å². The van der Waals surface area contributed by atoms with E-state index in [1.54, 1.807) is 0 Å². The van der Waals surface area contributed by atoms with Crippen molar-refractivity contribution in [3.63, 3.8) is 0 Å². The molecular weight excluding hydrogens is 270 g/mol. The van der Waals surface area contributed by atoms with Crippen molar-refractivity contribution in [2.45, 2.75) is 24.9 Å². The number of aliphatic imine (C=N–C) groups is 1. The average Bonchev–Trinajstić information content (AvgIpc) is 2.31. The molecule has 0 spiro atoms. The third-order valence-corrected chi connectivity index (χ3v) is 2.58. The van der Waals surface area contributed by atoms with Crippen LogP contribution in [-0.4, -0.2) is 52.5 Å². The van der Waals surface area contributed by atoms with Crippen LogP contribution in [0.4, 0.5) is 0 Å². The van der Waals surface area contributed by atoms with Crippen molar-refractivity contribution in [3.8, 4) is 0 Å². The van der Waals surface area contributed by atoms with Crippen LogP contribution in [0.1, 0.15) is 12.8 Å². The SMILES string of the molecule is NC(N)=NCCC(C(=O)C(N)CC(=O)O)[C@H](N)C(=O)O. The molecule has 0 aromatic carbocycles. The number of carboxylic acids is 2. The highest BCUT2D eigenvalue weighted by Crippen LogP contribution is 2.13. The third-order valence-electron chi connectivity index (χ3n) is 2.58. The molecule has 20 heavy (non-hydrogen) atoms. The van der Waals surface area contributed by atoms with E-state index in [4.69, 9.17) is 33.1 Å². The van der Waals surface area contributed by atoms with E-state index >= 15 is 0 Å². The molecule has 0 amide bonds. The quantitative estimate of drug-likeness (QED) is 0.189.